The van der Waals surface area contributed by atoms with E-state index in [-0.39, 0.29) is 5.92 Å². The molecule has 1 fully saturated rings. The summed E-state index contributed by atoms with van der Waals surface area (Å²) in [4.78, 5) is 11.8. The lowest BCUT2D eigenvalue weighted by molar-refractivity contribution is -0.168. The van der Waals surface area contributed by atoms with Gasteiger partial charge >= 0.3 is 5.97 Å². The van der Waals surface area contributed by atoms with Crippen LogP contribution in [-0.2, 0) is 11.2 Å². The minimum absolute atomic E-state index is 0.219. The summed E-state index contributed by atoms with van der Waals surface area (Å²) in [5, 5.41) is 20.5. The fourth-order valence-corrected chi connectivity index (χ4v) is 4.15. The first kappa shape index (κ1) is 18.0. The van der Waals surface area contributed by atoms with Gasteiger partial charge in [-0.05, 0) is 63.0 Å². The third-order valence-corrected chi connectivity index (χ3v) is 5.73. The van der Waals surface area contributed by atoms with Crippen molar-refractivity contribution in [2.75, 3.05) is 0 Å². The molecule has 3 nitrogen and oxygen atoms in total. The summed E-state index contributed by atoms with van der Waals surface area (Å²) in [6, 6.07) is 8.51. The van der Waals surface area contributed by atoms with Gasteiger partial charge in [-0.15, -0.1) is 0 Å². The van der Waals surface area contributed by atoms with E-state index >= 15 is 0 Å². The van der Waals surface area contributed by atoms with Gasteiger partial charge in [0.1, 0.15) is 0 Å². The van der Waals surface area contributed by atoms with Gasteiger partial charge in [-0.3, -0.25) is 4.79 Å². The van der Waals surface area contributed by atoms with Crippen molar-refractivity contribution >= 4 is 5.97 Å². The van der Waals surface area contributed by atoms with E-state index < -0.39 is 17.0 Å². The van der Waals surface area contributed by atoms with E-state index in [2.05, 4.69) is 38.1 Å². The molecule has 1 aromatic carbocycles. The van der Waals surface area contributed by atoms with Crippen molar-refractivity contribution in [1.29, 1.82) is 0 Å². The Bertz CT molecular complexity index is 562. The third kappa shape index (κ3) is 3.77. The lowest BCUT2D eigenvalue weighted by Crippen LogP contribution is -2.52. The zero-order chi connectivity index (χ0) is 17.3. The molecule has 2 rings (SSSR count). The van der Waals surface area contributed by atoms with Gasteiger partial charge in [0.15, 0.2) is 0 Å². The molecule has 128 valence electrons. The second kappa shape index (κ2) is 6.64. The molecule has 0 aliphatic heterocycles. The molecule has 0 saturated heterocycles. The quantitative estimate of drug-likeness (QED) is 0.847. The minimum atomic E-state index is -0.902. The Balaban J connectivity index is 2.18. The molecule has 0 heterocycles. The van der Waals surface area contributed by atoms with Crippen molar-refractivity contribution < 1.29 is 15.0 Å². The topological polar surface area (TPSA) is 57.5 Å². The van der Waals surface area contributed by atoms with Gasteiger partial charge in [0.05, 0.1) is 11.0 Å². The van der Waals surface area contributed by atoms with Gasteiger partial charge in [-0.25, -0.2) is 0 Å². The number of hydrogen-bond donors (Lipinski definition) is 2. The number of aliphatic carboxylic acids is 1. The summed E-state index contributed by atoms with van der Waals surface area (Å²) >= 11 is 0. The van der Waals surface area contributed by atoms with Gasteiger partial charge in [0.2, 0.25) is 0 Å². The minimum Gasteiger partial charge on any atom is -0.481 e. The van der Waals surface area contributed by atoms with Crippen molar-refractivity contribution in [2.24, 2.45) is 11.3 Å². The second-order valence-corrected chi connectivity index (χ2v) is 7.92. The van der Waals surface area contributed by atoms with Crippen LogP contribution < -0.4 is 0 Å². The summed E-state index contributed by atoms with van der Waals surface area (Å²) < 4.78 is 0. The molecule has 0 radical (unpaired) electrons. The maximum absolute atomic E-state index is 11.8. The molecule has 1 saturated carbocycles. The monoisotopic (exact) mass is 318 g/mol. The molecular formula is C20H30O3. The molecule has 2 N–H and O–H groups in total. The van der Waals surface area contributed by atoms with Crippen molar-refractivity contribution in [3.8, 4) is 0 Å². The van der Waals surface area contributed by atoms with E-state index in [9.17, 15) is 15.0 Å². The molecule has 1 aliphatic carbocycles. The Hall–Kier alpha value is -1.35. The Kier molecular flexibility index (Phi) is 5.20. The first-order valence-corrected chi connectivity index (χ1v) is 8.71. The number of carboxylic acids is 1. The summed E-state index contributed by atoms with van der Waals surface area (Å²) in [5.41, 5.74) is 0.794. The smallest absolute Gasteiger partial charge is 0.309 e. The fourth-order valence-electron chi connectivity index (χ4n) is 4.15. The van der Waals surface area contributed by atoms with E-state index in [1.807, 2.05) is 6.92 Å². The molecule has 0 bridgehead atoms. The van der Waals surface area contributed by atoms with E-state index in [1.165, 1.54) is 11.1 Å². The zero-order valence-corrected chi connectivity index (χ0v) is 14.8. The van der Waals surface area contributed by atoms with Crippen LogP contribution in [0.2, 0.25) is 0 Å². The van der Waals surface area contributed by atoms with E-state index in [4.69, 9.17) is 0 Å². The fraction of sp³-hybridized carbons (Fsp3) is 0.650. The van der Waals surface area contributed by atoms with Crippen LogP contribution in [0.3, 0.4) is 0 Å². The number of rotatable bonds is 5. The van der Waals surface area contributed by atoms with Crippen LogP contribution in [0.5, 0.6) is 0 Å². The summed E-state index contributed by atoms with van der Waals surface area (Å²) in [6.45, 7) is 7.96. The number of aryl methyl sites for hydroxylation is 1. The Morgan fingerprint density at radius 1 is 1.30 bits per heavy atom. The lowest BCUT2D eigenvalue weighted by atomic mass is 9.59. The molecule has 0 spiro atoms. The van der Waals surface area contributed by atoms with Crippen LogP contribution in [0.1, 0.15) is 70.4 Å². The number of benzene rings is 1. The van der Waals surface area contributed by atoms with Crippen molar-refractivity contribution in [2.45, 2.75) is 71.3 Å². The maximum atomic E-state index is 11.8. The average Bonchev–Trinajstić information content (AvgIpc) is 2.46. The number of carboxylic acid groups (broad SMARTS) is 1. The Morgan fingerprint density at radius 2 is 2.00 bits per heavy atom. The zero-order valence-electron chi connectivity index (χ0n) is 14.8. The Labute approximate surface area is 139 Å². The molecule has 23 heavy (non-hydrogen) atoms. The van der Waals surface area contributed by atoms with Gasteiger partial charge in [-0.2, -0.15) is 0 Å². The van der Waals surface area contributed by atoms with E-state index in [0.29, 0.717) is 25.2 Å². The molecule has 0 aromatic heterocycles. The van der Waals surface area contributed by atoms with Crippen LogP contribution >= 0.6 is 0 Å². The highest BCUT2D eigenvalue weighted by molar-refractivity contribution is 5.75. The number of aliphatic hydroxyl groups is 1. The first-order valence-electron chi connectivity index (χ1n) is 8.71. The van der Waals surface area contributed by atoms with Gasteiger partial charge in [0.25, 0.3) is 0 Å². The summed E-state index contributed by atoms with van der Waals surface area (Å²) in [5.74, 6) is -0.514. The molecule has 3 unspecified atom stereocenters. The highest BCUT2D eigenvalue weighted by atomic mass is 16.4. The van der Waals surface area contributed by atoms with Crippen LogP contribution in [0.25, 0.3) is 0 Å². The van der Waals surface area contributed by atoms with E-state index in [1.54, 1.807) is 6.92 Å². The number of carbonyl (C=O) groups is 1. The van der Waals surface area contributed by atoms with Gasteiger partial charge < -0.3 is 10.2 Å². The largest absolute Gasteiger partial charge is 0.481 e. The van der Waals surface area contributed by atoms with Crippen molar-refractivity contribution in [3.05, 3.63) is 35.4 Å². The molecule has 3 heteroatoms. The van der Waals surface area contributed by atoms with Crippen LogP contribution in [0, 0.1) is 11.3 Å². The molecule has 1 aliphatic rings. The van der Waals surface area contributed by atoms with Crippen LogP contribution in [-0.4, -0.2) is 21.8 Å². The van der Waals surface area contributed by atoms with Gasteiger partial charge in [-0.1, -0.05) is 38.1 Å². The maximum Gasteiger partial charge on any atom is 0.309 e. The lowest BCUT2D eigenvalue weighted by Gasteiger charge is -2.47. The molecule has 1 aromatic rings. The Morgan fingerprint density at radius 3 is 2.61 bits per heavy atom. The number of hydrogen-bond acceptors (Lipinski definition) is 2. The average molecular weight is 318 g/mol. The van der Waals surface area contributed by atoms with Crippen molar-refractivity contribution in [1.82, 2.24) is 0 Å². The molecule has 3 atom stereocenters. The van der Waals surface area contributed by atoms with E-state index in [0.717, 1.165) is 12.8 Å². The van der Waals surface area contributed by atoms with Crippen molar-refractivity contribution in [3.63, 3.8) is 0 Å². The van der Waals surface area contributed by atoms with Gasteiger partial charge in [0, 0.05) is 5.92 Å². The molecule has 0 amide bonds. The SMILES string of the molecule is CC(C)c1cccc(CCC2C(C)(O)CCCC2(C)C(=O)O)c1. The standard InChI is InChI=1S/C20H30O3/c1-14(2)16-8-5-7-15(13-16)9-10-17-19(3,18(21)22)11-6-12-20(17,4)23/h5,7-8,13-14,17,23H,6,9-12H2,1-4H3,(H,21,22). The summed E-state index contributed by atoms with van der Waals surface area (Å²) in [7, 11) is 0. The predicted octanol–water partition coefficient (Wildman–Crippen LogP) is 4.38. The van der Waals surface area contributed by atoms with Crippen LogP contribution in [0.4, 0.5) is 0 Å². The predicted molar refractivity (Wildman–Crippen MR) is 92.6 cm³/mol. The third-order valence-electron chi connectivity index (χ3n) is 5.73. The highest BCUT2D eigenvalue weighted by Gasteiger charge is 2.51. The normalized spacial score (nSPS) is 31.3. The summed E-state index contributed by atoms with van der Waals surface area (Å²) in [6.07, 6.45) is 3.62. The second-order valence-electron chi connectivity index (χ2n) is 7.92. The first-order chi connectivity index (χ1) is 10.7. The highest BCUT2D eigenvalue weighted by Crippen LogP contribution is 2.48. The molecular weight excluding hydrogens is 288 g/mol. The van der Waals surface area contributed by atoms with Crippen LogP contribution in [0.15, 0.2) is 24.3 Å².